The van der Waals surface area contributed by atoms with E-state index >= 15 is 0 Å². The minimum atomic E-state index is 0. The SMILES string of the molecule is [Cl-].c1cc2c(cc1[C@@H]1C[NH2+][C@H]3CCCC[C@H]31)OCO2. The van der Waals surface area contributed by atoms with Crippen LogP contribution in [0.3, 0.4) is 0 Å². The number of quaternary nitrogens is 1. The normalized spacial score (nSPS) is 31.7. The van der Waals surface area contributed by atoms with Crippen molar-refractivity contribution in [2.75, 3.05) is 13.3 Å². The Morgan fingerprint density at radius 2 is 1.89 bits per heavy atom. The van der Waals surface area contributed by atoms with Gasteiger partial charge in [0.25, 0.3) is 0 Å². The van der Waals surface area contributed by atoms with Crippen molar-refractivity contribution >= 4 is 0 Å². The van der Waals surface area contributed by atoms with Crippen LogP contribution < -0.4 is 27.2 Å². The molecule has 2 aliphatic heterocycles. The van der Waals surface area contributed by atoms with Gasteiger partial charge in [-0.2, -0.15) is 0 Å². The lowest BCUT2D eigenvalue weighted by atomic mass is 9.77. The predicted octanol–water partition coefficient (Wildman–Crippen LogP) is -1.36. The molecule has 3 atom stereocenters. The molecule has 104 valence electrons. The molecule has 0 bridgehead atoms. The van der Waals surface area contributed by atoms with E-state index in [9.17, 15) is 0 Å². The number of hydrogen-bond acceptors (Lipinski definition) is 2. The molecule has 1 saturated heterocycles. The van der Waals surface area contributed by atoms with Crippen LogP contribution in [0.4, 0.5) is 0 Å². The van der Waals surface area contributed by atoms with Crippen LogP contribution in [0, 0.1) is 5.92 Å². The molecular formula is C15H20ClNO2. The van der Waals surface area contributed by atoms with Crippen molar-refractivity contribution in [2.24, 2.45) is 5.92 Å². The van der Waals surface area contributed by atoms with Gasteiger partial charge in [0, 0.05) is 11.8 Å². The van der Waals surface area contributed by atoms with Crippen molar-refractivity contribution in [3.05, 3.63) is 23.8 Å². The van der Waals surface area contributed by atoms with Crippen LogP contribution in [0.25, 0.3) is 0 Å². The number of ether oxygens (including phenoxy) is 2. The summed E-state index contributed by atoms with van der Waals surface area (Å²) in [4.78, 5) is 0. The van der Waals surface area contributed by atoms with Gasteiger partial charge in [-0.05, 0) is 37.0 Å². The Balaban J connectivity index is 0.00000110. The molecule has 0 unspecified atom stereocenters. The summed E-state index contributed by atoms with van der Waals surface area (Å²) in [7, 11) is 0. The zero-order valence-corrected chi connectivity index (χ0v) is 11.7. The van der Waals surface area contributed by atoms with Crippen molar-refractivity contribution < 1.29 is 27.2 Å². The van der Waals surface area contributed by atoms with Crippen LogP contribution in [0.1, 0.15) is 37.2 Å². The predicted molar refractivity (Wildman–Crippen MR) is 67.8 cm³/mol. The van der Waals surface area contributed by atoms with E-state index in [0.717, 1.165) is 23.5 Å². The third-order valence-corrected chi connectivity index (χ3v) is 4.91. The summed E-state index contributed by atoms with van der Waals surface area (Å²) < 4.78 is 10.9. The second-order valence-electron chi connectivity index (χ2n) is 5.80. The molecule has 0 aromatic heterocycles. The molecule has 0 spiro atoms. The van der Waals surface area contributed by atoms with Crippen molar-refractivity contribution in [1.82, 2.24) is 0 Å². The molecule has 1 aliphatic carbocycles. The van der Waals surface area contributed by atoms with Crippen molar-refractivity contribution in [1.29, 1.82) is 0 Å². The molecule has 0 radical (unpaired) electrons. The maximum atomic E-state index is 5.50. The van der Waals surface area contributed by atoms with Gasteiger partial charge < -0.3 is 27.2 Å². The molecule has 2 fully saturated rings. The highest BCUT2D eigenvalue weighted by Crippen LogP contribution is 2.40. The summed E-state index contributed by atoms with van der Waals surface area (Å²) in [6, 6.07) is 7.39. The van der Waals surface area contributed by atoms with E-state index in [1.807, 2.05) is 0 Å². The van der Waals surface area contributed by atoms with Crippen LogP contribution >= 0.6 is 0 Å². The summed E-state index contributed by atoms with van der Waals surface area (Å²) in [5, 5.41) is 2.57. The maximum Gasteiger partial charge on any atom is 0.231 e. The fourth-order valence-electron chi connectivity index (χ4n) is 4.00. The lowest BCUT2D eigenvalue weighted by Gasteiger charge is -2.25. The highest BCUT2D eigenvalue weighted by molar-refractivity contribution is 5.45. The lowest BCUT2D eigenvalue weighted by Crippen LogP contribution is -3.00. The van der Waals surface area contributed by atoms with E-state index in [2.05, 4.69) is 23.5 Å². The van der Waals surface area contributed by atoms with Gasteiger partial charge in [-0.1, -0.05) is 12.5 Å². The largest absolute Gasteiger partial charge is 1.00 e. The Hall–Kier alpha value is -0.930. The minimum absolute atomic E-state index is 0. The van der Waals surface area contributed by atoms with Gasteiger partial charge in [-0.3, -0.25) is 0 Å². The molecule has 1 aromatic rings. The third kappa shape index (κ3) is 2.19. The van der Waals surface area contributed by atoms with Crippen LogP contribution in [0.2, 0.25) is 0 Å². The summed E-state index contributed by atoms with van der Waals surface area (Å²) >= 11 is 0. The molecule has 2 heterocycles. The Bertz CT molecular complexity index is 465. The Kier molecular flexibility index (Phi) is 3.59. The first-order valence-electron chi connectivity index (χ1n) is 7.15. The van der Waals surface area contributed by atoms with Crippen molar-refractivity contribution in [2.45, 2.75) is 37.6 Å². The second kappa shape index (κ2) is 5.22. The Morgan fingerprint density at radius 3 is 2.84 bits per heavy atom. The lowest BCUT2D eigenvalue weighted by molar-refractivity contribution is -0.675. The molecule has 2 N–H and O–H groups in total. The van der Waals surface area contributed by atoms with Gasteiger partial charge in [0.2, 0.25) is 6.79 Å². The average molecular weight is 282 g/mol. The van der Waals surface area contributed by atoms with Crippen LogP contribution in [0.15, 0.2) is 18.2 Å². The minimum Gasteiger partial charge on any atom is -1.00 e. The van der Waals surface area contributed by atoms with E-state index in [1.165, 1.54) is 37.8 Å². The molecule has 4 heteroatoms. The fourth-order valence-corrected chi connectivity index (χ4v) is 4.00. The van der Waals surface area contributed by atoms with Gasteiger partial charge in [-0.25, -0.2) is 0 Å². The molecule has 3 aliphatic rings. The highest BCUT2D eigenvalue weighted by atomic mass is 35.5. The summed E-state index contributed by atoms with van der Waals surface area (Å²) in [6.07, 6.45) is 5.65. The molecule has 19 heavy (non-hydrogen) atoms. The zero-order chi connectivity index (χ0) is 11.9. The Morgan fingerprint density at radius 1 is 1.05 bits per heavy atom. The first-order valence-corrected chi connectivity index (χ1v) is 7.15. The first-order chi connectivity index (χ1) is 8.92. The first kappa shape index (κ1) is 13.1. The smallest absolute Gasteiger partial charge is 0.231 e. The van der Waals surface area contributed by atoms with Gasteiger partial charge in [0.15, 0.2) is 11.5 Å². The summed E-state index contributed by atoms with van der Waals surface area (Å²) in [5.74, 6) is 3.43. The highest BCUT2D eigenvalue weighted by Gasteiger charge is 2.41. The van der Waals surface area contributed by atoms with E-state index < -0.39 is 0 Å². The Labute approximate surface area is 120 Å². The quantitative estimate of drug-likeness (QED) is 0.690. The number of nitrogens with two attached hydrogens (primary N) is 1. The van der Waals surface area contributed by atoms with E-state index in [-0.39, 0.29) is 12.4 Å². The van der Waals surface area contributed by atoms with E-state index in [1.54, 1.807) is 0 Å². The fraction of sp³-hybridized carbons (Fsp3) is 0.600. The molecule has 4 rings (SSSR count). The summed E-state index contributed by atoms with van der Waals surface area (Å²) in [6.45, 7) is 1.62. The van der Waals surface area contributed by atoms with Gasteiger partial charge in [0.05, 0.1) is 12.6 Å². The number of fused-ring (bicyclic) bond motifs is 2. The average Bonchev–Trinajstić information content (AvgIpc) is 3.04. The number of hydrogen-bond donors (Lipinski definition) is 1. The monoisotopic (exact) mass is 281 g/mol. The molecule has 1 aromatic carbocycles. The van der Waals surface area contributed by atoms with Gasteiger partial charge >= 0.3 is 0 Å². The van der Waals surface area contributed by atoms with E-state index in [0.29, 0.717) is 12.7 Å². The zero-order valence-electron chi connectivity index (χ0n) is 11.0. The van der Waals surface area contributed by atoms with Gasteiger partial charge in [0.1, 0.15) is 0 Å². The number of benzene rings is 1. The summed E-state index contributed by atoms with van der Waals surface area (Å²) in [5.41, 5.74) is 1.45. The molecular weight excluding hydrogens is 262 g/mol. The molecule has 0 amide bonds. The van der Waals surface area contributed by atoms with Crippen LogP contribution in [-0.2, 0) is 0 Å². The number of rotatable bonds is 1. The second-order valence-corrected chi connectivity index (χ2v) is 5.80. The van der Waals surface area contributed by atoms with E-state index in [4.69, 9.17) is 9.47 Å². The van der Waals surface area contributed by atoms with Crippen LogP contribution in [-0.4, -0.2) is 19.4 Å². The van der Waals surface area contributed by atoms with Crippen molar-refractivity contribution in [3.8, 4) is 11.5 Å². The number of halogens is 1. The maximum absolute atomic E-state index is 5.50. The topological polar surface area (TPSA) is 35.1 Å². The molecule has 1 saturated carbocycles. The third-order valence-electron chi connectivity index (χ3n) is 4.91. The standard InChI is InChI=1S/C15H19NO2.ClH/c1-2-4-13-11(3-1)12(8-16-13)10-5-6-14-15(7-10)18-9-17-14;/h5-7,11-13,16H,1-4,8-9H2;1H/t11-,12-,13-;/m0./s1. The van der Waals surface area contributed by atoms with Crippen molar-refractivity contribution in [3.63, 3.8) is 0 Å². The van der Waals surface area contributed by atoms with Crippen LogP contribution in [0.5, 0.6) is 11.5 Å². The molecule has 3 nitrogen and oxygen atoms in total. The van der Waals surface area contributed by atoms with Gasteiger partial charge in [-0.15, -0.1) is 0 Å².